The van der Waals surface area contributed by atoms with Crippen LogP contribution < -0.4 is 5.32 Å². The molecule has 2 aromatic rings. The van der Waals surface area contributed by atoms with Gasteiger partial charge in [0.1, 0.15) is 11.4 Å². The summed E-state index contributed by atoms with van der Waals surface area (Å²) in [5.41, 5.74) is -0.0580. The van der Waals surface area contributed by atoms with Crippen molar-refractivity contribution in [3.8, 4) is 0 Å². The molecule has 5 rings (SSSR count). The van der Waals surface area contributed by atoms with E-state index in [2.05, 4.69) is 10.3 Å². The summed E-state index contributed by atoms with van der Waals surface area (Å²) in [6.45, 7) is 11.3. The zero-order valence-corrected chi connectivity index (χ0v) is 19.1. The minimum absolute atomic E-state index is 0.132. The number of hydrogen-bond acceptors (Lipinski definition) is 4. The summed E-state index contributed by atoms with van der Waals surface area (Å²) < 4.78 is 7.21. The average Bonchev–Trinajstić information content (AvgIpc) is 3.07. The molecular weight excluding hydrogens is 404 g/mol. The van der Waals surface area contributed by atoms with Crippen LogP contribution in [-0.4, -0.2) is 45.5 Å². The van der Waals surface area contributed by atoms with Gasteiger partial charge in [0.05, 0.1) is 22.3 Å². The van der Waals surface area contributed by atoms with Crippen molar-refractivity contribution < 1.29 is 14.3 Å². The summed E-state index contributed by atoms with van der Waals surface area (Å²) in [7, 11) is 0. The second-order valence-electron chi connectivity index (χ2n) is 9.67. The molecule has 30 heavy (non-hydrogen) atoms. The van der Waals surface area contributed by atoms with E-state index in [0.717, 1.165) is 36.3 Å². The Morgan fingerprint density at radius 1 is 1.23 bits per heavy atom. The molecule has 8 heteroatoms. The topological polar surface area (TPSA) is 75.9 Å². The van der Waals surface area contributed by atoms with Gasteiger partial charge in [-0.3, -0.25) is 4.79 Å². The molecule has 1 saturated carbocycles. The van der Waals surface area contributed by atoms with Gasteiger partial charge in [-0.05, 0) is 71.4 Å². The Morgan fingerprint density at radius 3 is 2.43 bits per heavy atom. The van der Waals surface area contributed by atoms with Crippen LogP contribution in [0.3, 0.4) is 0 Å². The SMILES string of the molecule is CC(C)(C)OC(=O)N1CC2CC(C2)C1.CC(C)(NC=O)c1ncc2c(Cl)cccn12. The number of piperidine rings is 2. The molecule has 0 radical (unpaired) electrons. The summed E-state index contributed by atoms with van der Waals surface area (Å²) in [6, 6.07) is 3.65. The maximum Gasteiger partial charge on any atom is 0.410 e. The number of fused-ring (bicyclic) bond motifs is 3. The van der Waals surface area contributed by atoms with Crippen LogP contribution in [0, 0.1) is 11.8 Å². The third-order valence-electron chi connectivity index (χ3n) is 5.44. The molecular formula is C22H31ClN4O3. The van der Waals surface area contributed by atoms with Crippen molar-refractivity contribution in [3.05, 3.63) is 35.4 Å². The molecule has 2 aliphatic heterocycles. The van der Waals surface area contributed by atoms with Gasteiger partial charge in [0, 0.05) is 19.3 Å². The zero-order valence-electron chi connectivity index (χ0n) is 18.3. The molecule has 0 unspecified atom stereocenters. The van der Waals surface area contributed by atoms with Gasteiger partial charge in [-0.2, -0.15) is 0 Å². The summed E-state index contributed by atoms with van der Waals surface area (Å²) in [5, 5.41) is 3.37. The molecule has 0 aromatic carbocycles. The Labute approximate surface area is 182 Å². The van der Waals surface area contributed by atoms with E-state index in [0.29, 0.717) is 11.4 Å². The van der Waals surface area contributed by atoms with E-state index in [1.165, 1.54) is 12.8 Å². The van der Waals surface area contributed by atoms with Gasteiger partial charge >= 0.3 is 6.09 Å². The Balaban J connectivity index is 0.000000172. The molecule has 164 valence electrons. The van der Waals surface area contributed by atoms with E-state index >= 15 is 0 Å². The fraction of sp³-hybridized carbons (Fsp3) is 0.591. The lowest BCUT2D eigenvalue weighted by molar-refractivity contribution is -0.111. The van der Waals surface area contributed by atoms with Crippen molar-refractivity contribution in [2.75, 3.05) is 13.1 Å². The van der Waals surface area contributed by atoms with Crippen LogP contribution >= 0.6 is 11.6 Å². The fourth-order valence-corrected chi connectivity index (χ4v) is 4.22. The van der Waals surface area contributed by atoms with Crippen molar-refractivity contribution in [3.63, 3.8) is 0 Å². The monoisotopic (exact) mass is 434 g/mol. The zero-order chi connectivity index (χ0) is 22.1. The van der Waals surface area contributed by atoms with Crippen molar-refractivity contribution in [2.24, 2.45) is 11.8 Å². The summed E-state index contributed by atoms with van der Waals surface area (Å²) in [6.07, 6.45) is 6.75. The molecule has 1 N–H and O–H groups in total. The van der Waals surface area contributed by atoms with E-state index < -0.39 is 5.54 Å². The molecule has 0 atom stereocenters. The Hall–Kier alpha value is -2.28. The lowest BCUT2D eigenvalue weighted by Gasteiger charge is -2.47. The minimum atomic E-state index is -0.529. The summed E-state index contributed by atoms with van der Waals surface area (Å²) in [4.78, 5) is 28.4. The maximum absolute atomic E-state index is 11.7. The predicted molar refractivity (Wildman–Crippen MR) is 116 cm³/mol. The number of nitrogens with one attached hydrogen (secondary N) is 1. The van der Waals surface area contributed by atoms with Crippen LogP contribution in [0.2, 0.25) is 5.02 Å². The van der Waals surface area contributed by atoms with Crippen molar-refractivity contribution in [2.45, 2.75) is 58.6 Å². The largest absolute Gasteiger partial charge is 0.444 e. The van der Waals surface area contributed by atoms with Crippen LogP contribution in [0.15, 0.2) is 24.5 Å². The smallest absolute Gasteiger partial charge is 0.410 e. The van der Waals surface area contributed by atoms with Gasteiger partial charge in [0.25, 0.3) is 0 Å². The van der Waals surface area contributed by atoms with Crippen molar-refractivity contribution >= 4 is 29.6 Å². The standard InChI is InChI=1S/C11H12ClN3O.C11H19NO2/c1-11(2,14-7-16)10-13-6-9-8(12)4-3-5-15(9)10;1-11(2,3)14-10(13)12-6-8-4-9(5-8)7-12/h3-7H,1-2H3,(H,14,16);8-9H,4-7H2,1-3H3. The minimum Gasteiger partial charge on any atom is -0.444 e. The van der Waals surface area contributed by atoms with E-state index in [9.17, 15) is 9.59 Å². The molecule has 2 bridgehead atoms. The molecule has 2 aromatic heterocycles. The number of pyridine rings is 1. The highest BCUT2D eigenvalue weighted by atomic mass is 35.5. The lowest BCUT2D eigenvalue weighted by atomic mass is 9.71. The number of carbonyl (C=O) groups is 2. The van der Waals surface area contributed by atoms with Gasteiger partial charge in [-0.1, -0.05) is 11.6 Å². The maximum atomic E-state index is 11.7. The molecule has 0 spiro atoms. The van der Waals surface area contributed by atoms with E-state index in [1.807, 2.05) is 62.2 Å². The van der Waals surface area contributed by atoms with Gasteiger partial charge in [-0.15, -0.1) is 0 Å². The van der Waals surface area contributed by atoms with E-state index in [1.54, 1.807) is 6.20 Å². The quantitative estimate of drug-likeness (QED) is 0.733. The van der Waals surface area contributed by atoms with Crippen LogP contribution in [0.5, 0.6) is 0 Å². The van der Waals surface area contributed by atoms with Crippen LogP contribution in [0.25, 0.3) is 5.52 Å². The predicted octanol–water partition coefficient (Wildman–Crippen LogP) is 4.23. The Kier molecular flexibility index (Phi) is 6.32. The second-order valence-corrected chi connectivity index (χ2v) is 10.1. The molecule has 3 aliphatic rings. The highest BCUT2D eigenvalue weighted by Crippen LogP contribution is 2.39. The first-order chi connectivity index (χ1) is 14.0. The molecule has 2 saturated heterocycles. The molecule has 3 fully saturated rings. The van der Waals surface area contributed by atoms with Crippen molar-refractivity contribution in [1.82, 2.24) is 19.6 Å². The first-order valence-electron chi connectivity index (χ1n) is 10.3. The summed E-state index contributed by atoms with van der Waals surface area (Å²) in [5.74, 6) is 2.25. The van der Waals surface area contributed by atoms with Gasteiger partial charge < -0.3 is 19.4 Å². The van der Waals surface area contributed by atoms with Crippen LogP contribution in [0.4, 0.5) is 4.79 Å². The third kappa shape index (κ3) is 5.06. The Morgan fingerprint density at radius 2 is 1.87 bits per heavy atom. The normalized spacial score (nSPS) is 20.7. The number of carbonyl (C=O) groups excluding carboxylic acids is 2. The average molecular weight is 435 g/mol. The first kappa shape index (κ1) is 22.4. The highest BCUT2D eigenvalue weighted by molar-refractivity contribution is 6.33. The van der Waals surface area contributed by atoms with Gasteiger partial charge in [0.15, 0.2) is 0 Å². The van der Waals surface area contributed by atoms with Gasteiger partial charge in [-0.25, -0.2) is 9.78 Å². The molecule has 1 aliphatic carbocycles. The number of hydrogen-bond donors (Lipinski definition) is 1. The highest BCUT2D eigenvalue weighted by Gasteiger charge is 2.40. The number of amides is 2. The van der Waals surface area contributed by atoms with Crippen LogP contribution in [-0.2, 0) is 15.1 Å². The number of aromatic nitrogens is 2. The first-order valence-corrected chi connectivity index (χ1v) is 10.7. The van der Waals surface area contributed by atoms with Crippen molar-refractivity contribution in [1.29, 1.82) is 0 Å². The Bertz CT molecular complexity index is 903. The fourth-order valence-electron chi connectivity index (χ4n) is 4.01. The van der Waals surface area contributed by atoms with E-state index in [4.69, 9.17) is 16.3 Å². The summed E-state index contributed by atoms with van der Waals surface area (Å²) >= 11 is 6.05. The van der Waals surface area contributed by atoms with Crippen LogP contribution in [0.1, 0.15) is 53.3 Å². The number of rotatable bonds is 3. The van der Waals surface area contributed by atoms with E-state index in [-0.39, 0.29) is 11.7 Å². The number of halogens is 1. The molecule has 2 amide bonds. The number of nitrogens with zero attached hydrogens (tertiary/aromatic N) is 3. The number of ether oxygens (including phenoxy) is 1. The third-order valence-corrected chi connectivity index (χ3v) is 5.76. The number of imidazole rings is 1. The molecule has 4 heterocycles. The molecule has 7 nitrogen and oxygen atoms in total. The second kappa shape index (κ2) is 8.46. The van der Waals surface area contributed by atoms with Gasteiger partial charge in [0.2, 0.25) is 6.41 Å². The lowest BCUT2D eigenvalue weighted by Crippen LogP contribution is -2.52.